The lowest BCUT2D eigenvalue weighted by Crippen LogP contribution is -2.48. The fourth-order valence-corrected chi connectivity index (χ4v) is 3.43. The largest absolute Gasteiger partial charge is 0.338 e. The summed E-state index contributed by atoms with van der Waals surface area (Å²) in [4.78, 5) is 21.2. The van der Waals surface area contributed by atoms with Crippen molar-refractivity contribution < 1.29 is 9.32 Å². The first-order valence-electron chi connectivity index (χ1n) is 9.25. The van der Waals surface area contributed by atoms with Crippen molar-refractivity contribution in [2.75, 3.05) is 26.2 Å². The maximum Gasteiger partial charge on any atom is 0.253 e. The molecule has 0 N–H and O–H groups in total. The monoisotopic (exact) mass is 396 g/mol. The summed E-state index contributed by atoms with van der Waals surface area (Å²) < 4.78 is 5.41. The molecular weight excluding hydrogens is 376 g/mol. The van der Waals surface area contributed by atoms with E-state index >= 15 is 0 Å². The van der Waals surface area contributed by atoms with Crippen LogP contribution in [0.2, 0.25) is 5.02 Å². The first-order valence-corrected chi connectivity index (χ1v) is 9.63. The van der Waals surface area contributed by atoms with Gasteiger partial charge in [-0.2, -0.15) is 4.98 Å². The van der Waals surface area contributed by atoms with Gasteiger partial charge in [0.1, 0.15) is 0 Å². The number of hydrogen-bond donors (Lipinski definition) is 0. The average molecular weight is 397 g/mol. The molecule has 0 radical (unpaired) electrons. The average Bonchev–Trinajstić information content (AvgIpc) is 3.17. The molecule has 28 heavy (non-hydrogen) atoms. The maximum atomic E-state index is 12.6. The first kappa shape index (κ1) is 18.7. The summed E-state index contributed by atoms with van der Waals surface area (Å²) in [5.41, 5.74) is 2.76. The number of aromatic nitrogens is 2. The van der Waals surface area contributed by atoms with Gasteiger partial charge in [0.05, 0.1) is 6.54 Å². The third-order valence-corrected chi connectivity index (χ3v) is 5.10. The quantitative estimate of drug-likeness (QED) is 0.673. The summed E-state index contributed by atoms with van der Waals surface area (Å²) in [7, 11) is 0. The summed E-state index contributed by atoms with van der Waals surface area (Å²) in [6.45, 7) is 5.46. The van der Waals surface area contributed by atoms with Crippen LogP contribution in [0.15, 0.2) is 53.1 Å². The summed E-state index contributed by atoms with van der Waals surface area (Å²) in [5.74, 6) is 1.21. The number of halogens is 1. The minimum Gasteiger partial charge on any atom is -0.338 e. The summed E-state index contributed by atoms with van der Waals surface area (Å²) in [5, 5.41) is 4.66. The van der Waals surface area contributed by atoms with Crippen molar-refractivity contribution in [3.05, 3.63) is 70.6 Å². The van der Waals surface area contributed by atoms with Gasteiger partial charge in [-0.15, -0.1) is 0 Å². The van der Waals surface area contributed by atoms with Crippen molar-refractivity contribution in [1.82, 2.24) is 19.9 Å². The van der Waals surface area contributed by atoms with Gasteiger partial charge in [-0.05, 0) is 25.1 Å². The van der Waals surface area contributed by atoms with Crippen LogP contribution in [0.4, 0.5) is 0 Å². The number of carbonyl (C=O) groups is 1. The van der Waals surface area contributed by atoms with Crippen molar-refractivity contribution in [2.24, 2.45) is 0 Å². The van der Waals surface area contributed by atoms with Crippen LogP contribution in [0.3, 0.4) is 0 Å². The second-order valence-electron chi connectivity index (χ2n) is 6.96. The number of benzene rings is 2. The fraction of sp³-hybridized carbons (Fsp3) is 0.286. The second kappa shape index (κ2) is 8.12. The minimum absolute atomic E-state index is 0.0154. The van der Waals surface area contributed by atoms with Crippen molar-refractivity contribution in [3.63, 3.8) is 0 Å². The molecule has 7 heteroatoms. The third kappa shape index (κ3) is 4.24. The molecule has 0 unspecified atom stereocenters. The number of aryl methyl sites for hydroxylation is 1. The van der Waals surface area contributed by atoms with Crippen LogP contribution in [0, 0.1) is 6.92 Å². The molecule has 1 saturated heterocycles. The van der Waals surface area contributed by atoms with Crippen molar-refractivity contribution in [3.8, 4) is 11.4 Å². The molecule has 1 aliphatic heterocycles. The zero-order valence-corrected chi connectivity index (χ0v) is 16.4. The Labute approximate surface area is 168 Å². The van der Waals surface area contributed by atoms with E-state index in [2.05, 4.69) is 15.0 Å². The number of rotatable bonds is 4. The second-order valence-corrected chi connectivity index (χ2v) is 7.39. The van der Waals surface area contributed by atoms with E-state index in [0.717, 1.165) is 18.7 Å². The molecule has 0 aliphatic carbocycles. The Kier molecular flexibility index (Phi) is 5.41. The first-order chi connectivity index (χ1) is 13.6. The van der Waals surface area contributed by atoms with Crippen molar-refractivity contribution in [2.45, 2.75) is 13.5 Å². The molecular formula is C21H21ClN4O2. The van der Waals surface area contributed by atoms with Gasteiger partial charge in [0, 0.05) is 42.3 Å². The fourth-order valence-electron chi connectivity index (χ4n) is 3.24. The van der Waals surface area contributed by atoms with E-state index in [1.807, 2.05) is 36.1 Å². The Morgan fingerprint density at radius 1 is 1.11 bits per heavy atom. The van der Waals surface area contributed by atoms with Gasteiger partial charge in [-0.3, -0.25) is 9.69 Å². The molecule has 1 aromatic heterocycles. The highest BCUT2D eigenvalue weighted by atomic mass is 35.5. The molecule has 1 amide bonds. The normalized spacial score (nSPS) is 15.0. The minimum atomic E-state index is 0.0154. The summed E-state index contributed by atoms with van der Waals surface area (Å²) in [6.07, 6.45) is 0. The topological polar surface area (TPSA) is 62.5 Å². The zero-order chi connectivity index (χ0) is 19.5. The molecule has 0 saturated carbocycles. The van der Waals surface area contributed by atoms with Gasteiger partial charge in [0.25, 0.3) is 5.91 Å². The highest BCUT2D eigenvalue weighted by Gasteiger charge is 2.23. The van der Waals surface area contributed by atoms with Gasteiger partial charge >= 0.3 is 0 Å². The molecule has 6 nitrogen and oxygen atoms in total. The lowest BCUT2D eigenvalue weighted by atomic mass is 10.1. The molecule has 2 heterocycles. The molecule has 2 aromatic carbocycles. The number of amides is 1. The van der Waals surface area contributed by atoms with Crippen LogP contribution < -0.4 is 0 Å². The Morgan fingerprint density at radius 3 is 2.57 bits per heavy atom. The Morgan fingerprint density at radius 2 is 1.86 bits per heavy atom. The van der Waals surface area contributed by atoms with Crippen molar-refractivity contribution in [1.29, 1.82) is 0 Å². The number of carbonyl (C=O) groups excluding carboxylic acids is 1. The van der Waals surface area contributed by atoms with Crippen LogP contribution in [0.5, 0.6) is 0 Å². The molecule has 1 aliphatic rings. The van der Waals surface area contributed by atoms with Crippen LogP contribution in [-0.4, -0.2) is 52.0 Å². The molecule has 3 aromatic rings. The zero-order valence-electron chi connectivity index (χ0n) is 15.6. The van der Waals surface area contributed by atoms with Crippen LogP contribution in [-0.2, 0) is 6.54 Å². The third-order valence-electron chi connectivity index (χ3n) is 4.87. The Hall–Kier alpha value is -2.70. The van der Waals surface area contributed by atoms with E-state index in [0.29, 0.717) is 41.9 Å². The predicted octanol–water partition coefficient (Wildman–Crippen LogP) is 3.66. The lowest BCUT2D eigenvalue weighted by Gasteiger charge is -2.34. The number of hydrogen-bond acceptors (Lipinski definition) is 5. The van der Waals surface area contributed by atoms with Crippen molar-refractivity contribution >= 4 is 17.5 Å². The Balaban J connectivity index is 1.33. The molecule has 1 fully saturated rings. The SMILES string of the molecule is Cc1ccc(-c2noc(CN3CCN(C(=O)c4cccc(Cl)c4)CC3)n2)cc1. The standard InChI is InChI=1S/C21H21ClN4O2/c1-15-5-7-16(8-6-15)20-23-19(28-24-20)14-25-9-11-26(12-10-25)21(27)17-3-2-4-18(22)13-17/h2-8,13H,9-12,14H2,1H3. The molecule has 0 atom stereocenters. The molecule has 0 bridgehead atoms. The van der Waals surface area contributed by atoms with Gasteiger partial charge in [-0.25, -0.2) is 0 Å². The predicted molar refractivity (Wildman–Crippen MR) is 107 cm³/mol. The van der Waals surface area contributed by atoms with Gasteiger partial charge in [0.15, 0.2) is 0 Å². The van der Waals surface area contributed by atoms with Crippen LogP contribution >= 0.6 is 11.6 Å². The lowest BCUT2D eigenvalue weighted by molar-refractivity contribution is 0.0615. The van der Waals surface area contributed by atoms with E-state index in [4.69, 9.17) is 16.1 Å². The van der Waals surface area contributed by atoms with E-state index in [1.165, 1.54) is 5.56 Å². The Bertz CT molecular complexity index is 963. The van der Waals surface area contributed by atoms with Crippen LogP contribution in [0.1, 0.15) is 21.8 Å². The van der Waals surface area contributed by atoms with E-state index in [-0.39, 0.29) is 5.91 Å². The molecule has 4 rings (SSSR count). The van der Waals surface area contributed by atoms with E-state index in [9.17, 15) is 4.79 Å². The smallest absolute Gasteiger partial charge is 0.253 e. The summed E-state index contributed by atoms with van der Waals surface area (Å²) >= 11 is 5.99. The number of piperazine rings is 1. The van der Waals surface area contributed by atoms with Gasteiger partial charge < -0.3 is 9.42 Å². The maximum absolute atomic E-state index is 12.6. The highest BCUT2D eigenvalue weighted by Crippen LogP contribution is 2.18. The molecule has 144 valence electrons. The van der Waals surface area contributed by atoms with Gasteiger partial charge in [-0.1, -0.05) is 52.7 Å². The summed E-state index contributed by atoms with van der Waals surface area (Å²) in [6, 6.07) is 15.1. The van der Waals surface area contributed by atoms with Gasteiger partial charge in [0.2, 0.25) is 11.7 Å². The molecule has 0 spiro atoms. The number of nitrogens with zero attached hydrogens (tertiary/aromatic N) is 4. The highest BCUT2D eigenvalue weighted by molar-refractivity contribution is 6.30. The van der Waals surface area contributed by atoms with Crippen LogP contribution in [0.25, 0.3) is 11.4 Å². The van der Waals surface area contributed by atoms with E-state index < -0.39 is 0 Å². The van der Waals surface area contributed by atoms with E-state index in [1.54, 1.807) is 24.3 Å².